The Bertz CT molecular complexity index is 1740. The molecule has 200 valence electrons. The molecule has 0 saturated heterocycles. The zero-order chi connectivity index (χ0) is 27.7. The molecule has 0 bridgehead atoms. The summed E-state index contributed by atoms with van der Waals surface area (Å²) in [6, 6.07) is 21.6. The summed E-state index contributed by atoms with van der Waals surface area (Å²) in [5.74, 6) is -1.21. The molecule has 1 aliphatic rings. The molecule has 5 rings (SSSR count). The number of ether oxygens (including phenoxy) is 1. The summed E-state index contributed by atoms with van der Waals surface area (Å²) >= 11 is 0. The quantitative estimate of drug-likeness (QED) is 0.356. The minimum atomic E-state index is -4.24. The zero-order valence-corrected chi connectivity index (χ0v) is 22.1. The molecule has 3 aromatic carbocycles. The van der Waals surface area contributed by atoms with E-state index in [0.717, 1.165) is 23.7 Å². The molecule has 2 heterocycles. The van der Waals surface area contributed by atoms with E-state index >= 15 is 0 Å². The molecule has 0 unspecified atom stereocenters. The molecule has 0 saturated carbocycles. The van der Waals surface area contributed by atoms with E-state index in [0.29, 0.717) is 17.9 Å². The highest BCUT2D eigenvalue weighted by molar-refractivity contribution is 7.92. The average molecular weight is 547 g/mol. The Hall–Kier alpha value is -4.64. The number of aromatic nitrogens is 2. The number of amides is 1. The van der Waals surface area contributed by atoms with E-state index in [9.17, 15) is 22.8 Å². The first-order chi connectivity index (χ1) is 18.7. The van der Waals surface area contributed by atoms with Gasteiger partial charge in [0.1, 0.15) is 5.69 Å². The fraction of sp³-hybridized carbons (Fsp3) is 0.179. The van der Waals surface area contributed by atoms with Crippen LogP contribution in [0, 0.1) is 6.92 Å². The first-order valence-electron chi connectivity index (χ1n) is 12.2. The SMILES string of the molecule is Cc1c(NS(=O)(=O)c2cccc(C(=O)OCC(=O)N3CCc4ccccc43)c2)c(=O)n(-c2ccccc2)n1C. The fourth-order valence-corrected chi connectivity index (χ4v) is 5.72. The Balaban J connectivity index is 1.32. The molecular weight excluding hydrogens is 520 g/mol. The van der Waals surface area contributed by atoms with E-state index in [1.54, 1.807) is 47.8 Å². The highest BCUT2D eigenvalue weighted by Gasteiger charge is 2.26. The molecule has 1 amide bonds. The Morgan fingerprint density at radius 2 is 1.69 bits per heavy atom. The van der Waals surface area contributed by atoms with Crippen LogP contribution in [0.15, 0.2) is 88.6 Å². The maximum atomic E-state index is 13.2. The Morgan fingerprint density at radius 3 is 2.46 bits per heavy atom. The number of nitrogens with one attached hydrogen (secondary N) is 1. The monoisotopic (exact) mass is 546 g/mol. The van der Waals surface area contributed by atoms with Crippen molar-refractivity contribution in [2.45, 2.75) is 18.2 Å². The summed E-state index contributed by atoms with van der Waals surface area (Å²) in [6.07, 6.45) is 0.722. The zero-order valence-electron chi connectivity index (χ0n) is 21.3. The number of benzene rings is 3. The summed E-state index contributed by atoms with van der Waals surface area (Å²) in [4.78, 5) is 39.8. The lowest BCUT2D eigenvalue weighted by Gasteiger charge is -2.17. The van der Waals surface area contributed by atoms with E-state index in [4.69, 9.17) is 4.74 Å². The minimum Gasteiger partial charge on any atom is -0.452 e. The van der Waals surface area contributed by atoms with Gasteiger partial charge >= 0.3 is 5.97 Å². The van der Waals surface area contributed by atoms with Crippen LogP contribution in [0.25, 0.3) is 5.69 Å². The Labute approximate surface area is 225 Å². The van der Waals surface area contributed by atoms with E-state index in [2.05, 4.69) is 4.72 Å². The lowest BCUT2D eigenvalue weighted by molar-refractivity contribution is -0.121. The van der Waals surface area contributed by atoms with Gasteiger partial charge in [-0.2, -0.15) is 0 Å². The van der Waals surface area contributed by atoms with Crippen molar-refractivity contribution in [3.63, 3.8) is 0 Å². The third-order valence-corrected chi connectivity index (χ3v) is 8.03. The maximum absolute atomic E-state index is 13.2. The van der Waals surface area contributed by atoms with Gasteiger partial charge < -0.3 is 9.64 Å². The smallest absolute Gasteiger partial charge is 0.338 e. The normalized spacial score (nSPS) is 12.7. The number of anilines is 2. The van der Waals surface area contributed by atoms with E-state index in [1.165, 1.54) is 22.9 Å². The van der Waals surface area contributed by atoms with Gasteiger partial charge in [0.15, 0.2) is 6.61 Å². The highest BCUT2D eigenvalue weighted by Crippen LogP contribution is 2.27. The molecule has 0 aliphatic carbocycles. The topological polar surface area (TPSA) is 120 Å². The van der Waals surface area contributed by atoms with Crippen molar-refractivity contribution < 1.29 is 22.7 Å². The van der Waals surface area contributed by atoms with E-state index in [1.807, 2.05) is 30.3 Å². The van der Waals surface area contributed by atoms with Gasteiger partial charge in [-0.3, -0.25) is 19.0 Å². The van der Waals surface area contributed by atoms with Gasteiger partial charge in [-0.1, -0.05) is 42.5 Å². The van der Waals surface area contributed by atoms with E-state index in [-0.39, 0.29) is 22.1 Å². The second kappa shape index (κ2) is 10.3. The summed E-state index contributed by atoms with van der Waals surface area (Å²) in [7, 11) is -2.58. The molecule has 4 aromatic rings. The number of rotatable bonds is 7. The van der Waals surface area contributed by atoms with Gasteiger partial charge in [0.05, 0.1) is 21.8 Å². The van der Waals surface area contributed by atoms with Crippen molar-refractivity contribution in [3.05, 3.63) is 106 Å². The second-order valence-corrected chi connectivity index (χ2v) is 10.8. The average Bonchev–Trinajstić information content (AvgIpc) is 3.47. The van der Waals surface area contributed by atoms with Gasteiger partial charge in [0.2, 0.25) is 0 Å². The van der Waals surface area contributed by atoms with Crippen LogP contribution < -0.4 is 15.2 Å². The van der Waals surface area contributed by atoms with Gasteiger partial charge in [0, 0.05) is 19.3 Å². The summed E-state index contributed by atoms with van der Waals surface area (Å²) in [5.41, 5.74) is 2.14. The maximum Gasteiger partial charge on any atom is 0.338 e. The molecule has 0 atom stereocenters. The second-order valence-electron chi connectivity index (χ2n) is 9.07. The number of para-hydroxylation sites is 2. The molecule has 0 spiro atoms. The fourth-order valence-electron chi connectivity index (χ4n) is 4.56. The lowest BCUT2D eigenvalue weighted by atomic mass is 10.2. The Morgan fingerprint density at radius 1 is 0.974 bits per heavy atom. The van der Waals surface area contributed by atoms with Gasteiger partial charge in [-0.25, -0.2) is 17.9 Å². The summed E-state index contributed by atoms with van der Waals surface area (Å²) in [5, 5.41) is 0. The van der Waals surface area contributed by atoms with Crippen LogP contribution in [-0.2, 0) is 33.0 Å². The van der Waals surface area contributed by atoms with Crippen LogP contribution in [0.3, 0.4) is 0 Å². The third kappa shape index (κ3) is 4.96. The lowest BCUT2D eigenvalue weighted by Crippen LogP contribution is -2.33. The largest absolute Gasteiger partial charge is 0.452 e. The first-order valence-corrected chi connectivity index (χ1v) is 13.7. The number of carbonyl (C=O) groups is 2. The van der Waals surface area contributed by atoms with Crippen molar-refractivity contribution in [1.82, 2.24) is 9.36 Å². The molecule has 1 aliphatic heterocycles. The van der Waals surface area contributed by atoms with Crippen LogP contribution in [0.5, 0.6) is 0 Å². The summed E-state index contributed by atoms with van der Waals surface area (Å²) in [6.45, 7) is 1.65. The van der Waals surface area contributed by atoms with Gasteiger partial charge in [0.25, 0.3) is 21.5 Å². The molecule has 1 N–H and O–H groups in total. The van der Waals surface area contributed by atoms with Crippen molar-refractivity contribution in [1.29, 1.82) is 0 Å². The van der Waals surface area contributed by atoms with Crippen molar-refractivity contribution >= 4 is 33.3 Å². The van der Waals surface area contributed by atoms with Crippen LogP contribution >= 0.6 is 0 Å². The number of fused-ring (bicyclic) bond motifs is 1. The molecular formula is C28H26N4O6S. The van der Waals surface area contributed by atoms with E-state index < -0.39 is 28.2 Å². The molecule has 0 radical (unpaired) electrons. The number of sulfonamides is 1. The standard InChI is InChI=1S/C28H26N4O6S/c1-19-26(27(34)32(30(19)2)22-11-4-3-5-12-22)29-39(36,37)23-13-8-10-21(17-23)28(35)38-18-25(33)31-16-15-20-9-6-7-14-24(20)31/h3-14,17,29H,15-16,18H2,1-2H3. The molecule has 1 aromatic heterocycles. The number of esters is 1. The molecule has 10 nitrogen and oxygen atoms in total. The van der Waals surface area contributed by atoms with Crippen LogP contribution in [0.2, 0.25) is 0 Å². The third-order valence-electron chi connectivity index (χ3n) is 6.69. The Kier molecular flexibility index (Phi) is 6.83. The first kappa shape index (κ1) is 26.0. The minimum absolute atomic E-state index is 0.0426. The molecule has 11 heteroatoms. The number of hydrogen-bond donors (Lipinski definition) is 1. The van der Waals surface area contributed by atoms with Gasteiger partial charge in [-0.05, 0) is 55.3 Å². The number of carbonyl (C=O) groups excluding carboxylic acids is 2. The predicted octanol–water partition coefficient (Wildman–Crippen LogP) is 3.03. The van der Waals surface area contributed by atoms with Crippen molar-refractivity contribution in [2.75, 3.05) is 22.8 Å². The van der Waals surface area contributed by atoms with Crippen LogP contribution in [0.1, 0.15) is 21.6 Å². The van der Waals surface area contributed by atoms with Crippen molar-refractivity contribution in [2.24, 2.45) is 7.05 Å². The molecule has 39 heavy (non-hydrogen) atoms. The van der Waals surface area contributed by atoms with Crippen LogP contribution in [-0.4, -0.2) is 42.8 Å². The summed E-state index contributed by atoms with van der Waals surface area (Å²) < 4.78 is 36.9. The predicted molar refractivity (Wildman–Crippen MR) is 146 cm³/mol. The highest BCUT2D eigenvalue weighted by atomic mass is 32.2. The van der Waals surface area contributed by atoms with Crippen molar-refractivity contribution in [3.8, 4) is 5.69 Å². The van der Waals surface area contributed by atoms with Crippen LogP contribution in [0.4, 0.5) is 11.4 Å². The van der Waals surface area contributed by atoms with Gasteiger partial charge in [-0.15, -0.1) is 0 Å². The number of nitrogens with zero attached hydrogens (tertiary/aromatic N) is 3. The molecule has 0 fully saturated rings. The number of hydrogen-bond acceptors (Lipinski definition) is 6.